The Bertz CT molecular complexity index is 442. The number of imidazole rings is 1. The van der Waals surface area contributed by atoms with E-state index in [1.165, 1.54) is 19.6 Å². The number of hydrogen-bond acceptors (Lipinski definition) is 4. The molecule has 6 heteroatoms. The van der Waals surface area contributed by atoms with Crippen molar-refractivity contribution < 1.29 is 14.3 Å². The van der Waals surface area contributed by atoms with Crippen molar-refractivity contribution in [3.63, 3.8) is 0 Å². The molecular weight excluding hydrogens is 234 g/mol. The molecule has 0 aliphatic heterocycles. The average molecular weight is 253 g/mol. The van der Waals surface area contributed by atoms with Crippen LogP contribution in [0.4, 0.5) is 0 Å². The number of hydrogen-bond donors (Lipinski definition) is 1. The standard InChI is InChI=1S/C12H19N3O3/c1-5-6-12(2,11(17)18-4)14-10(16)9-7-13-8-15(9)3/h7-8H,5-6H2,1-4H3,(H,14,16). The van der Waals surface area contributed by atoms with Gasteiger partial charge < -0.3 is 14.6 Å². The molecule has 0 saturated carbocycles. The fourth-order valence-electron chi connectivity index (χ4n) is 1.83. The summed E-state index contributed by atoms with van der Waals surface area (Å²) in [6.45, 7) is 3.61. The minimum absolute atomic E-state index is 0.337. The van der Waals surface area contributed by atoms with Crippen molar-refractivity contribution in [1.82, 2.24) is 14.9 Å². The lowest BCUT2D eigenvalue weighted by Gasteiger charge is -2.27. The van der Waals surface area contributed by atoms with Crippen LogP contribution in [0.25, 0.3) is 0 Å². The van der Waals surface area contributed by atoms with Crippen LogP contribution in [0.3, 0.4) is 0 Å². The second kappa shape index (κ2) is 5.66. The lowest BCUT2D eigenvalue weighted by Crippen LogP contribution is -2.53. The van der Waals surface area contributed by atoms with Crippen molar-refractivity contribution in [1.29, 1.82) is 0 Å². The number of methoxy groups -OCH3 is 1. The molecule has 18 heavy (non-hydrogen) atoms. The molecular formula is C12H19N3O3. The largest absolute Gasteiger partial charge is 0.467 e. The number of nitrogens with one attached hydrogen (secondary N) is 1. The molecule has 0 fully saturated rings. The summed E-state index contributed by atoms with van der Waals surface area (Å²) in [6.07, 6.45) is 4.27. The zero-order chi connectivity index (χ0) is 13.8. The normalized spacial score (nSPS) is 13.8. The second-order valence-corrected chi connectivity index (χ2v) is 4.42. The van der Waals surface area contributed by atoms with E-state index in [4.69, 9.17) is 4.74 Å². The first-order valence-corrected chi connectivity index (χ1v) is 5.82. The highest BCUT2D eigenvalue weighted by atomic mass is 16.5. The van der Waals surface area contributed by atoms with E-state index in [1.807, 2.05) is 6.92 Å². The number of amides is 1. The highest BCUT2D eigenvalue weighted by molar-refractivity contribution is 5.96. The fourth-order valence-corrected chi connectivity index (χ4v) is 1.83. The van der Waals surface area contributed by atoms with Crippen LogP contribution in [0.2, 0.25) is 0 Å². The van der Waals surface area contributed by atoms with E-state index in [9.17, 15) is 9.59 Å². The predicted molar refractivity (Wildman–Crippen MR) is 66.0 cm³/mol. The predicted octanol–water partition coefficient (Wildman–Crippen LogP) is 0.882. The summed E-state index contributed by atoms with van der Waals surface area (Å²) in [4.78, 5) is 27.7. The molecule has 0 radical (unpaired) electrons. The lowest BCUT2D eigenvalue weighted by molar-refractivity contribution is -0.147. The van der Waals surface area contributed by atoms with Gasteiger partial charge in [-0.1, -0.05) is 13.3 Å². The zero-order valence-corrected chi connectivity index (χ0v) is 11.2. The minimum Gasteiger partial charge on any atom is -0.467 e. The lowest BCUT2D eigenvalue weighted by atomic mass is 9.96. The summed E-state index contributed by atoms with van der Waals surface area (Å²) in [6, 6.07) is 0. The van der Waals surface area contributed by atoms with Gasteiger partial charge in [-0.15, -0.1) is 0 Å². The molecule has 0 saturated heterocycles. The summed E-state index contributed by atoms with van der Waals surface area (Å²) in [5, 5.41) is 2.71. The Labute approximate surface area is 106 Å². The van der Waals surface area contributed by atoms with Gasteiger partial charge in [0.2, 0.25) is 0 Å². The van der Waals surface area contributed by atoms with Crippen molar-refractivity contribution in [2.24, 2.45) is 7.05 Å². The Hall–Kier alpha value is -1.85. The number of ether oxygens (including phenoxy) is 1. The molecule has 1 atom stereocenters. The van der Waals surface area contributed by atoms with Crippen molar-refractivity contribution in [2.75, 3.05) is 7.11 Å². The number of nitrogens with zero attached hydrogens (tertiary/aromatic N) is 2. The maximum Gasteiger partial charge on any atom is 0.331 e. The molecule has 1 N–H and O–H groups in total. The van der Waals surface area contributed by atoms with Gasteiger partial charge in [0.05, 0.1) is 19.6 Å². The van der Waals surface area contributed by atoms with E-state index in [-0.39, 0.29) is 5.91 Å². The Kier molecular flexibility index (Phi) is 4.47. The van der Waals surface area contributed by atoms with Crippen LogP contribution in [-0.4, -0.2) is 34.1 Å². The van der Waals surface area contributed by atoms with Crippen LogP contribution in [0.15, 0.2) is 12.5 Å². The van der Waals surface area contributed by atoms with Crippen LogP contribution >= 0.6 is 0 Å². The summed E-state index contributed by atoms with van der Waals surface area (Å²) >= 11 is 0. The number of aromatic nitrogens is 2. The minimum atomic E-state index is -1.01. The average Bonchev–Trinajstić information content (AvgIpc) is 2.74. The van der Waals surface area contributed by atoms with Crippen LogP contribution in [0.5, 0.6) is 0 Å². The number of carbonyl (C=O) groups is 2. The molecule has 1 aromatic heterocycles. The van der Waals surface area contributed by atoms with Crippen LogP contribution in [-0.2, 0) is 16.6 Å². The first-order chi connectivity index (χ1) is 8.44. The number of aryl methyl sites for hydroxylation is 1. The summed E-state index contributed by atoms with van der Waals surface area (Å²) in [5.41, 5.74) is -0.605. The molecule has 0 spiro atoms. The number of carbonyl (C=O) groups excluding carboxylic acids is 2. The van der Waals surface area contributed by atoms with E-state index in [0.29, 0.717) is 12.1 Å². The molecule has 0 aliphatic rings. The third-order valence-corrected chi connectivity index (χ3v) is 2.82. The highest BCUT2D eigenvalue weighted by Gasteiger charge is 2.35. The van der Waals surface area contributed by atoms with E-state index in [2.05, 4.69) is 10.3 Å². The molecule has 1 unspecified atom stereocenters. The third-order valence-electron chi connectivity index (χ3n) is 2.82. The smallest absolute Gasteiger partial charge is 0.331 e. The monoisotopic (exact) mass is 253 g/mol. The van der Waals surface area contributed by atoms with Gasteiger partial charge in [0.15, 0.2) is 0 Å². The van der Waals surface area contributed by atoms with Crippen LogP contribution in [0, 0.1) is 0 Å². The van der Waals surface area contributed by atoms with E-state index in [0.717, 1.165) is 6.42 Å². The molecule has 100 valence electrons. The van der Waals surface area contributed by atoms with Crippen molar-refractivity contribution in [2.45, 2.75) is 32.2 Å². The molecule has 1 heterocycles. The van der Waals surface area contributed by atoms with Gasteiger partial charge in [-0.05, 0) is 13.3 Å². The summed E-state index contributed by atoms with van der Waals surface area (Å²) in [7, 11) is 3.03. The van der Waals surface area contributed by atoms with Crippen LogP contribution < -0.4 is 5.32 Å². The number of esters is 1. The zero-order valence-electron chi connectivity index (χ0n) is 11.2. The van der Waals surface area contributed by atoms with Gasteiger partial charge in [-0.3, -0.25) is 4.79 Å². The van der Waals surface area contributed by atoms with Gasteiger partial charge in [0, 0.05) is 7.05 Å². The number of rotatable bonds is 5. The molecule has 1 rings (SSSR count). The van der Waals surface area contributed by atoms with Crippen molar-refractivity contribution >= 4 is 11.9 Å². The van der Waals surface area contributed by atoms with Crippen molar-refractivity contribution in [3.05, 3.63) is 18.2 Å². The first-order valence-electron chi connectivity index (χ1n) is 5.82. The first kappa shape index (κ1) is 14.2. The third kappa shape index (κ3) is 2.88. The maximum atomic E-state index is 12.1. The Balaban J connectivity index is 2.88. The maximum absolute atomic E-state index is 12.1. The molecule has 1 aromatic rings. The molecule has 1 amide bonds. The van der Waals surface area contributed by atoms with Gasteiger partial charge in [0.1, 0.15) is 11.2 Å². The van der Waals surface area contributed by atoms with Crippen LogP contribution in [0.1, 0.15) is 37.2 Å². The fraction of sp³-hybridized carbons (Fsp3) is 0.583. The summed E-state index contributed by atoms with van der Waals surface area (Å²) < 4.78 is 6.34. The van der Waals surface area contributed by atoms with Crippen molar-refractivity contribution in [3.8, 4) is 0 Å². The van der Waals surface area contributed by atoms with Gasteiger partial charge in [-0.2, -0.15) is 0 Å². The molecule has 0 aliphatic carbocycles. The van der Waals surface area contributed by atoms with Gasteiger partial charge >= 0.3 is 5.97 Å². The highest BCUT2D eigenvalue weighted by Crippen LogP contribution is 2.15. The van der Waals surface area contributed by atoms with E-state index < -0.39 is 11.5 Å². The molecule has 0 aromatic carbocycles. The second-order valence-electron chi connectivity index (χ2n) is 4.42. The van der Waals surface area contributed by atoms with Gasteiger partial charge in [-0.25, -0.2) is 9.78 Å². The quantitative estimate of drug-likeness (QED) is 0.791. The Morgan fingerprint density at radius 3 is 2.67 bits per heavy atom. The molecule has 6 nitrogen and oxygen atoms in total. The van der Waals surface area contributed by atoms with E-state index >= 15 is 0 Å². The van der Waals surface area contributed by atoms with Gasteiger partial charge in [0.25, 0.3) is 5.91 Å². The molecule has 0 bridgehead atoms. The van der Waals surface area contributed by atoms with E-state index in [1.54, 1.807) is 18.5 Å². The topological polar surface area (TPSA) is 73.2 Å². The SMILES string of the molecule is CCCC(C)(NC(=O)c1cncn1C)C(=O)OC. The Morgan fingerprint density at radius 2 is 2.22 bits per heavy atom. The Morgan fingerprint density at radius 1 is 1.56 bits per heavy atom. The summed E-state index contributed by atoms with van der Waals surface area (Å²) in [5.74, 6) is -0.781.